The van der Waals surface area contributed by atoms with Gasteiger partial charge in [-0.25, -0.2) is 9.97 Å². The minimum absolute atomic E-state index is 0.250. The SMILES string of the molecule is C#Cc1ccc2nc(Nc3c[nH]c4ccc(Cl)nc34)[nH]c2c1.O=CO. The van der Waals surface area contributed by atoms with Crippen molar-refractivity contribution < 1.29 is 9.90 Å². The second-order valence-electron chi connectivity index (χ2n) is 4.92. The molecule has 3 heterocycles. The summed E-state index contributed by atoms with van der Waals surface area (Å²) in [6.45, 7) is -0.250. The van der Waals surface area contributed by atoms with Crippen LogP contribution in [0.2, 0.25) is 5.15 Å². The maximum atomic E-state index is 8.36. The van der Waals surface area contributed by atoms with Crippen molar-refractivity contribution in [3.05, 3.63) is 47.2 Å². The monoisotopic (exact) mass is 353 g/mol. The van der Waals surface area contributed by atoms with E-state index in [0.29, 0.717) is 11.1 Å². The number of anilines is 2. The van der Waals surface area contributed by atoms with Crippen molar-refractivity contribution in [3.63, 3.8) is 0 Å². The van der Waals surface area contributed by atoms with Gasteiger partial charge in [-0.1, -0.05) is 17.5 Å². The molecule has 0 amide bonds. The zero-order valence-electron chi connectivity index (χ0n) is 12.7. The zero-order chi connectivity index (χ0) is 17.8. The van der Waals surface area contributed by atoms with Gasteiger partial charge >= 0.3 is 0 Å². The molecule has 4 aromatic rings. The number of fused-ring (bicyclic) bond motifs is 2. The van der Waals surface area contributed by atoms with E-state index in [9.17, 15) is 0 Å². The van der Waals surface area contributed by atoms with Gasteiger partial charge in [-0.2, -0.15) is 0 Å². The molecule has 0 atom stereocenters. The Hall–Kier alpha value is -3.50. The first-order chi connectivity index (χ1) is 12.1. The van der Waals surface area contributed by atoms with Crippen LogP contribution in [0.1, 0.15) is 5.56 Å². The van der Waals surface area contributed by atoms with Crippen molar-refractivity contribution in [3.8, 4) is 12.3 Å². The number of hydrogen-bond donors (Lipinski definition) is 4. The fourth-order valence-electron chi connectivity index (χ4n) is 2.36. The average molecular weight is 354 g/mol. The minimum atomic E-state index is -0.250. The quantitative estimate of drug-likeness (QED) is 0.250. The molecule has 0 aliphatic heterocycles. The maximum Gasteiger partial charge on any atom is 0.290 e. The first-order valence-corrected chi connectivity index (χ1v) is 7.47. The van der Waals surface area contributed by atoms with Crippen LogP contribution in [0.25, 0.3) is 22.1 Å². The van der Waals surface area contributed by atoms with Gasteiger partial charge in [0, 0.05) is 11.8 Å². The number of nitrogens with zero attached hydrogens (tertiary/aromatic N) is 2. The summed E-state index contributed by atoms with van der Waals surface area (Å²) >= 11 is 5.95. The van der Waals surface area contributed by atoms with E-state index in [1.807, 2.05) is 30.5 Å². The Kier molecular flexibility index (Phi) is 4.55. The van der Waals surface area contributed by atoms with Crippen LogP contribution in [0.3, 0.4) is 0 Å². The minimum Gasteiger partial charge on any atom is -0.483 e. The summed E-state index contributed by atoms with van der Waals surface area (Å²) in [7, 11) is 0. The molecule has 0 bridgehead atoms. The van der Waals surface area contributed by atoms with Gasteiger partial charge in [-0.05, 0) is 30.3 Å². The number of carboxylic acid groups (broad SMARTS) is 1. The largest absolute Gasteiger partial charge is 0.483 e. The Labute approximate surface area is 147 Å². The topological polar surface area (TPSA) is 107 Å². The average Bonchev–Trinajstić information content (AvgIpc) is 3.18. The number of terminal acetylenes is 1. The van der Waals surface area contributed by atoms with E-state index in [1.54, 1.807) is 6.07 Å². The molecular weight excluding hydrogens is 342 g/mol. The van der Waals surface area contributed by atoms with Crippen molar-refractivity contribution in [1.29, 1.82) is 0 Å². The number of halogens is 1. The normalized spacial score (nSPS) is 10.1. The third-order valence-corrected chi connectivity index (χ3v) is 3.60. The lowest BCUT2D eigenvalue weighted by Crippen LogP contribution is -1.91. The second-order valence-corrected chi connectivity index (χ2v) is 5.31. The van der Waals surface area contributed by atoms with E-state index in [-0.39, 0.29) is 6.47 Å². The van der Waals surface area contributed by atoms with Crippen LogP contribution in [0.5, 0.6) is 0 Å². The van der Waals surface area contributed by atoms with Gasteiger partial charge in [0.1, 0.15) is 10.7 Å². The van der Waals surface area contributed by atoms with Gasteiger partial charge in [0.05, 0.1) is 22.2 Å². The number of nitrogens with one attached hydrogen (secondary N) is 3. The second kappa shape index (κ2) is 6.95. The lowest BCUT2D eigenvalue weighted by atomic mass is 10.2. The van der Waals surface area contributed by atoms with Gasteiger partial charge in [-0.15, -0.1) is 6.42 Å². The summed E-state index contributed by atoms with van der Waals surface area (Å²) < 4.78 is 0. The molecule has 8 heteroatoms. The summed E-state index contributed by atoms with van der Waals surface area (Å²) in [6, 6.07) is 9.26. The van der Waals surface area contributed by atoms with Crippen molar-refractivity contribution in [2.24, 2.45) is 0 Å². The number of H-pyrrole nitrogens is 2. The first kappa shape index (κ1) is 16.4. The number of imidazole rings is 1. The number of aromatic amines is 2. The summed E-state index contributed by atoms with van der Waals surface area (Å²) in [5.74, 6) is 3.22. The Balaban J connectivity index is 0.000000569. The summed E-state index contributed by atoms with van der Waals surface area (Å²) in [6.07, 6.45) is 7.24. The predicted octanol–water partition coefficient (Wildman–Crippen LogP) is 3.52. The molecule has 0 radical (unpaired) electrons. The van der Waals surface area contributed by atoms with Crippen LogP contribution in [0.15, 0.2) is 36.5 Å². The third-order valence-electron chi connectivity index (χ3n) is 3.39. The summed E-state index contributed by atoms with van der Waals surface area (Å²) in [4.78, 5) is 23.5. The molecular formula is C17H12ClN5O2. The number of rotatable bonds is 2. The molecule has 0 saturated carbocycles. The molecule has 4 rings (SSSR count). The van der Waals surface area contributed by atoms with Crippen LogP contribution in [0.4, 0.5) is 11.6 Å². The highest BCUT2D eigenvalue weighted by atomic mass is 35.5. The molecule has 0 unspecified atom stereocenters. The Bertz CT molecular complexity index is 1090. The number of benzene rings is 1. The molecule has 0 saturated heterocycles. The lowest BCUT2D eigenvalue weighted by Gasteiger charge is -1.99. The fraction of sp³-hybridized carbons (Fsp3) is 0. The van der Waals surface area contributed by atoms with E-state index in [0.717, 1.165) is 33.3 Å². The molecule has 0 aliphatic rings. The number of hydrogen-bond acceptors (Lipinski definition) is 4. The molecule has 3 aromatic heterocycles. The Morgan fingerprint density at radius 2 is 2.04 bits per heavy atom. The van der Waals surface area contributed by atoms with Crippen LogP contribution in [0, 0.1) is 12.3 Å². The smallest absolute Gasteiger partial charge is 0.290 e. The summed E-state index contributed by atoms with van der Waals surface area (Å²) in [5, 5.41) is 10.5. The van der Waals surface area contributed by atoms with Gasteiger partial charge in [-0.3, -0.25) is 4.79 Å². The molecule has 0 spiro atoms. The number of carbonyl (C=O) groups is 1. The van der Waals surface area contributed by atoms with Gasteiger partial charge in [0.2, 0.25) is 5.95 Å². The molecule has 1 aromatic carbocycles. The van der Waals surface area contributed by atoms with Crippen molar-refractivity contribution in [1.82, 2.24) is 19.9 Å². The molecule has 7 nitrogen and oxygen atoms in total. The molecule has 124 valence electrons. The van der Waals surface area contributed by atoms with E-state index in [1.165, 1.54) is 0 Å². The molecule has 0 fully saturated rings. The predicted molar refractivity (Wildman–Crippen MR) is 97.1 cm³/mol. The van der Waals surface area contributed by atoms with Crippen molar-refractivity contribution >= 4 is 51.8 Å². The van der Waals surface area contributed by atoms with Crippen molar-refractivity contribution in [2.45, 2.75) is 0 Å². The Morgan fingerprint density at radius 3 is 2.80 bits per heavy atom. The summed E-state index contributed by atoms with van der Waals surface area (Å²) in [5.41, 5.74) is 4.99. The van der Waals surface area contributed by atoms with Crippen LogP contribution in [-0.4, -0.2) is 31.5 Å². The van der Waals surface area contributed by atoms with Crippen LogP contribution >= 0.6 is 11.6 Å². The van der Waals surface area contributed by atoms with Crippen LogP contribution < -0.4 is 5.32 Å². The van der Waals surface area contributed by atoms with E-state index >= 15 is 0 Å². The number of aromatic nitrogens is 4. The van der Waals surface area contributed by atoms with E-state index in [4.69, 9.17) is 27.9 Å². The zero-order valence-corrected chi connectivity index (χ0v) is 13.5. The van der Waals surface area contributed by atoms with Crippen molar-refractivity contribution in [2.75, 3.05) is 5.32 Å². The Morgan fingerprint density at radius 1 is 1.24 bits per heavy atom. The van der Waals surface area contributed by atoms with Crippen LogP contribution in [-0.2, 0) is 4.79 Å². The highest BCUT2D eigenvalue weighted by molar-refractivity contribution is 6.29. The van der Waals surface area contributed by atoms with E-state index < -0.39 is 0 Å². The van der Waals surface area contributed by atoms with Gasteiger partial charge in [0.15, 0.2) is 0 Å². The third kappa shape index (κ3) is 3.39. The molecule has 25 heavy (non-hydrogen) atoms. The molecule has 0 aliphatic carbocycles. The fourth-order valence-corrected chi connectivity index (χ4v) is 2.50. The first-order valence-electron chi connectivity index (χ1n) is 7.09. The molecule has 4 N–H and O–H groups in total. The van der Waals surface area contributed by atoms with Gasteiger partial charge in [0.25, 0.3) is 6.47 Å². The maximum absolute atomic E-state index is 8.36. The lowest BCUT2D eigenvalue weighted by molar-refractivity contribution is -0.122. The highest BCUT2D eigenvalue weighted by Gasteiger charge is 2.09. The highest BCUT2D eigenvalue weighted by Crippen LogP contribution is 2.26. The number of pyridine rings is 1. The van der Waals surface area contributed by atoms with Gasteiger partial charge < -0.3 is 20.4 Å². The standard InChI is InChI=1S/C16H10ClN5.CH2O2/c1-2-9-3-4-10-12(7-9)20-16(19-10)21-13-8-18-11-5-6-14(17)22-15(11)13;2-1-3/h1,3-8,18H,(H2,19,20,21);1H,(H,2,3). The van der Waals surface area contributed by atoms with E-state index in [2.05, 4.69) is 31.2 Å².